The summed E-state index contributed by atoms with van der Waals surface area (Å²) in [6.07, 6.45) is 6.72. The van der Waals surface area contributed by atoms with E-state index in [9.17, 15) is 9.90 Å². The van der Waals surface area contributed by atoms with Crippen molar-refractivity contribution in [3.05, 3.63) is 53.7 Å². The molecule has 0 spiro atoms. The molecule has 0 radical (unpaired) electrons. The SMILES string of the molecule is Cc1ccc2c(C3CNCCN3C(=O)CCC3CCCC3)nc(-c3ccccc3O)nc2c1.Cl. The number of hydrogen-bond acceptors (Lipinski definition) is 5. The molecule has 1 aromatic heterocycles. The van der Waals surface area contributed by atoms with Gasteiger partial charge in [0.2, 0.25) is 5.91 Å². The second-order valence-corrected chi connectivity index (χ2v) is 9.47. The lowest BCUT2D eigenvalue weighted by molar-refractivity contribution is -0.135. The standard InChI is InChI=1S/C27H32N4O2.ClH/c1-18-10-12-20-22(16-18)29-27(21-8-4-5-9-24(21)32)30-26(20)23-17-28-14-15-31(23)25(33)13-11-19-6-2-3-7-19;/h4-5,8-10,12,16,19,23,28,32H,2-3,6-7,11,13-15,17H2,1H3;1H. The van der Waals surface area contributed by atoms with E-state index in [1.54, 1.807) is 12.1 Å². The predicted molar refractivity (Wildman–Crippen MR) is 137 cm³/mol. The zero-order valence-electron chi connectivity index (χ0n) is 19.7. The average Bonchev–Trinajstić information content (AvgIpc) is 3.36. The predicted octanol–water partition coefficient (Wildman–Crippen LogP) is 5.18. The van der Waals surface area contributed by atoms with Crippen LogP contribution in [-0.4, -0.2) is 45.5 Å². The highest BCUT2D eigenvalue weighted by Gasteiger charge is 2.31. The molecule has 1 aliphatic carbocycles. The Morgan fingerprint density at radius 1 is 1.15 bits per heavy atom. The number of carbonyl (C=O) groups is 1. The molecule has 2 aromatic carbocycles. The number of aromatic nitrogens is 2. The van der Waals surface area contributed by atoms with Crippen molar-refractivity contribution in [3.63, 3.8) is 0 Å². The van der Waals surface area contributed by atoms with Gasteiger partial charge in [-0.25, -0.2) is 9.97 Å². The Hall–Kier alpha value is -2.70. The number of amides is 1. The van der Waals surface area contributed by atoms with Crippen molar-refractivity contribution in [2.75, 3.05) is 19.6 Å². The summed E-state index contributed by atoms with van der Waals surface area (Å²) in [7, 11) is 0. The normalized spacial score (nSPS) is 18.7. The second-order valence-electron chi connectivity index (χ2n) is 9.47. The van der Waals surface area contributed by atoms with Gasteiger partial charge in [0.05, 0.1) is 22.8 Å². The summed E-state index contributed by atoms with van der Waals surface area (Å²) in [6.45, 7) is 4.18. The molecular formula is C27H33ClN4O2. The second kappa shape index (κ2) is 10.7. The van der Waals surface area contributed by atoms with Crippen LogP contribution in [0, 0.1) is 12.8 Å². The third-order valence-electron chi connectivity index (χ3n) is 7.15. The van der Waals surface area contributed by atoms with Gasteiger partial charge in [-0.15, -0.1) is 12.4 Å². The quantitative estimate of drug-likeness (QED) is 0.526. The van der Waals surface area contributed by atoms with Gasteiger partial charge in [0.15, 0.2) is 5.82 Å². The van der Waals surface area contributed by atoms with Crippen LogP contribution in [0.1, 0.15) is 55.8 Å². The molecule has 2 heterocycles. The van der Waals surface area contributed by atoms with Crippen molar-refractivity contribution in [1.29, 1.82) is 0 Å². The fraction of sp³-hybridized carbons (Fsp3) is 0.444. The number of phenolic OH excluding ortho intramolecular Hbond substituents is 1. The molecule has 180 valence electrons. The van der Waals surface area contributed by atoms with Gasteiger partial charge in [-0.3, -0.25) is 4.79 Å². The lowest BCUT2D eigenvalue weighted by atomic mass is 9.99. The number of benzene rings is 2. The molecule has 2 fully saturated rings. The first-order valence-corrected chi connectivity index (χ1v) is 12.2. The van der Waals surface area contributed by atoms with Crippen LogP contribution in [0.15, 0.2) is 42.5 Å². The van der Waals surface area contributed by atoms with E-state index in [4.69, 9.17) is 9.97 Å². The van der Waals surface area contributed by atoms with Crippen LogP contribution < -0.4 is 5.32 Å². The van der Waals surface area contributed by atoms with Gasteiger partial charge in [0.1, 0.15) is 5.75 Å². The number of halogens is 1. The summed E-state index contributed by atoms with van der Waals surface area (Å²) in [5.41, 5.74) is 3.40. The topological polar surface area (TPSA) is 78.4 Å². The average molecular weight is 481 g/mol. The van der Waals surface area contributed by atoms with E-state index in [1.165, 1.54) is 25.7 Å². The summed E-state index contributed by atoms with van der Waals surface area (Å²) in [6, 6.07) is 13.2. The third-order valence-corrected chi connectivity index (χ3v) is 7.15. The van der Waals surface area contributed by atoms with Gasteiger partial charge in [-0.05, 0) is 43.0 Å². The van der Waals surface area contributed by atoms with E-state index >= 15 is 0 Å². The van der Waals surface area contributed by atoms with Crippen LogP contribution >= 0.6 is 12.4 Å². The third kappa shape index (κ3) is 5.03. The summed E-state index contributed by atoms with van der Waals surface area (Å²) in [4.78, 5) is 25.1. The molecule has 5 rings (SSSR count). The van der Waals surface area contributed by atoms with E-state index in [2.05, 4.69) is 17.4 Å². The first kappa shape index (κ1) is 24.4. The van der Waals surface area contributed by atoms with Crippen LogP contribution in [0.2, 0.25) is 0 Å². The highest BCUT2D eigenvalue weighted by Crippen LogP contribution is 2.34. The Balaban J connectivity index is 0.00000274. The highest BCUT2D eigenvalue weighted by molar-refractivity contribution is 5.86. The summed E-state index contributed by atoms with van der Waals surface area (Å²) >= 11 is 0. The van der Waals surface area contributed by atoms with Gasteiger partial charge in [-0.1, -0.05) is 49.9 Å². The fourth-order valence-corrected chi connectivity index (χ4v) is 5.32. The lowest BCUT2D eigenvalue weighted by Gasteiger charge is -2.36. The Morgan fingerprint density at radius 3 is 2.74 bits per heavy atom. The summed E-state index contributed by atoms with van der Waals surface area (Å²) in [5, 5.41) is 14.9. The van der Waals surface area contributed by atoms with Crippen LogP contribution in [-0.2, 0) is 4.79 Å². The number of aryl methyl sites for hydroxylation is 1. The van der Waals surface area contributed by atoms with Crippen LogP contribution in [0.25, 0.3) is 22.3 Å². The molecule has 3 aromatic rings. The van der Waals surface area contributed by atoms with Gasteiger partial charge in [0, 0.05) is 31.4 Å². The minimum atomic E-state index is -0.160. The van der Waals surface area contributed by atoms with Crippen molar-refractivity contribution in [1.82, 2.24) is 20.2 Å². The van der Waals surface area contributed by atoms with E-state index in [0.29, 0.717) is 36.8 Å². The van der Waals surface area contributed by atoms with E-state index < -0.39 is 0 Å². The molecule has 2 N–H and O–H groups in total. The molecule has 6 nitrogen and oxygen atoms in total. The number of nitrogens with one attached hydrogen (secondary N) is 1. The van der Waals surface area contributed by atoms with Crippen molar-refractivity contribution >= 4 is 29.2 Å². The number of nitrogens with zero attached hydrogens (tertiary/aromatic N) is 3. The maximum Gasteiger partial charge on any atom is 0.223 e. The van der Waals surface area contributed by atoms with Crippen molar-refractivity contribution in [2.45, 2.75) is 51.5 Å². The van der Waals surface area contributed by atoms with Gasteiger partial charge in [0.25, 0.3) is 0 Å². The Labute approximate surface area is 207 Å². The zero-order valence-corrected chi connectivity index (χ0v) is 20.5. The number of aromatic hydroxyl groups is 1. The molecule has 1 aliphatic heterocycles. The van der Waals surface area contributed by atoms with Crippen molar-refractivity contribution in [3.8, 4) is 17.1 Å². The molecule has 34 heavy (non-hydrogen) atoms. The number of hydrogen-bond donors (Lipinski definition) is 2. The molecule has 0 bridgehead atoms. The first-order chi connectivity index (χ1) is 16.1. The van der Waals surface area contributed by atoms with Crippen LogP contribution in [0.4, 0.5) is 0 Å². The number of fused-ring (bicyclic) bond motifs is 1. The van der Waals surface area contributed by atoms with Gasteiger partial charge in [-0.2, -0.15) is 0 Å². The van der Waals surface area contributed by atoms with E-state index in [0.717, 1.165) is 35.1 Å². The maximum absolute atomic E-state index is 13.4. The monoisotopic (exact) mass is 480 g/mol. The highest BCUT2D eigenvalue weighted by atomic mass is 35.5. The van der Waals surface area contributed by atoms with Crippen LogP contribution in [0.5, 0.6) is 5.75 Å². The Morgan fingerprint density at radius 2 is 1.94 bits per heavy atom. The van der Waals surface area contributed by atoms with Gasteiger partial charge >= 0.3 is 0 Å². The molecular weight excluding hydrogens is 448 g/mol. The smallest absolute Gasteiger partial charge is 0.223 e. The molecule has 2 aliphatic rings. The molecule has 1 unspecified atom stereocenters. The minimum absolute atomic E-state index is 0. The van der Waals surface area contributed by atoms with Crippen molar-refractivity contribution < 1.29 is 9.90 Å². The van der Waals surface area contributed by atoms with Gasteiger partial charge < -0.3 is 15.3 Å². The summed E-state index contributed by atoms with van der Waals surface area (Å²) < 4.78 is 0. The van der Waals surface area contributed by atoms with Crippen molar-refractivity contribution in [2.24, 2.45) is 5.92 Å². The molecule has 7 heteroatoms. The number of carbonyl (C=O) groups excluding carboxylic acids is 1. The number of phenols is 1. The number of piperazine rings is 1. The zero-order chi connectivity index (χ0) is 22.8. The molecule has 1 saturated heterocycles. The number of rotatable bonds is 5. The molecule has 1 saturated carbocycles. The molecule has 1 atom stereocenters. The Bertz CT molecular complexity index is 1160. The van der Waals surface area contributed by atoms with E-state index in [-0.39, 0.29) is 30.1 Å². The Kier molecular flexibility index (Phi) is 7.69. The maximum atomic E-state index is 13.4. The lowest BCUT2D eigenvalue weighted by Crippen LogP contribution is -2.49. The molecule has 1 amide bonds. The van der Waals surface area contributed by atoms with E-state index in [1.807, 2.05) is 30.0 Å². The summed E-state index contributed by atoms with van der Waals surface area (Å²) in [5.74, 6) is 1.56. The first-order valence-electron chi connectivity index (χ1n) is 12.2. The minimum Gasteiger partial charge on any atom is -0.507 e. The number of para-hydroxylation sites is 1. The fourth-order valence-electron chi connectivity index (χ4n) is 5.32. The van der Waals surface area contributed by atoms with Crippen LogP contribution in [0.3, 0.4) is 0 Å². The largest absolute Gasteiger partial charge is 0.507 e.